The van der Waals surface area contributed by atoms with E-state index in [1.165, 1.54) is 12.6 Å². The van der Waals surface area contributed by atoms with E-state index in [4.69, 9.17) is 0 Å². The molecule has 0 saturated heterocycles. The highest BCUT2D eigenvalue weighted by Crippen LogP contribution is 2.63. The van der Waals surface area contributed by atoms with Crippen LogP contribution >= 0.6 is 0 Å². The zero-order valence-electron chi connectivity index (χ0n) is 12.6. The van der Waals surface area contributed by atoms with Gasteiger partial charge in [0.05, 0.1) is 5.56 Å². The van der Waals surface area contributed by atoms with Gasteiger partial charge < -0.3 is 5.32 Å². The van der Waals surface area contributed by atoms with E-state index >= 15 is 0 Å². The summed E-state index contributed by atoms with van der Waals surface area (Å²) >= 11 is 0. The first-order chi connectivity index (χ1) is 9.63. The van der Waals surface area contributed by atoms with Crippen molar-refractivity contribution in [3.05, 3.63) is 23.9 Å². The summed E-state index contributed by atoms with van der Waals surface area (Å²) in [5, 5.41) is 3.30. The third kappa shape index (κ3) is 2.30. The number of pyridine rings is 1. The van der Waals surface area contributed by atoms with Gasteiger partial charge in [-0.1, -0.05) is 20.8 Å². The molecule has 3 atom stereocenters. The Morgan fingerprint density at radius 2 is 2.00 bits per heavy atom. The number of fused-ring (bicyclic) bond motifs is 2. The number of alkyl halides is 3. The van der Waals surface area contributed by atoms with Crippen molar-refractivity contribution < 1.29 is 13.2 Å². The average Bonchev–Trinajstić information content (AvgIpc) is 2.85. The maximum Gasteiger partial charge on any atom is 0.416 e. The molecular formula is C16H21F3N2. The normalized spacial score (nSPS) is 34.2. The molecule has 2 nitrogen and oxygen atoms in total. The lowest BCUT2D eigenvalue weighted by Gasteiger charge is -2.43. The SMILES string of the molecule is CC12CCC(C1)C(C)(C)C2Nc1cc(C(F)(F)F)ccn1. The number of aromatic nitrogens is 1. The van der Waals surface area contributed by atoms with Gasteiger partial charge in [0.15, 0.2) is 0 Å². The van der Waals surface area contributed by atoms with Gasteiger partial charge >= 0.3 is 6.18 Å². The number of hydrogen-bond donors (Lipinski definition) is 1. The lowest BCUT2D eigenvalue weighted by Crippen LogP contribution is -2.46. The molecule has 2 aliphatic carbocycles. The number of rotatable bonds is 2. The molecule has 1 aromatic heterocycles. The molecule has 3 rings (SSSR count). The zero-order valence-corrected chi connectivity index (χ0v) is 12.6. The van der Waals surface area contributed by atoms with E-state index in [1.54, 1.807) is 0 Å². The summed E-state index contributed by atoms with van der Waals surface area (Å²) in [5.41, 5.74) is -0.404. The van der Waals surface area contributed by atoms with Crippen molar-refractivity contribution in [1.82, 2.24) is 4.98 Å². The van der Waals surface area contributed by atoms with Gasteiger partial charge in [-0.05, 0) is 48.1 Å². The van der Waals surface area contributed by atoms with Crippen molar-refractivity contribution in [3.63, 3.8) is 0 Å². The second kappa shape index (κ2) is 4.37. The Morgan fingerprint density at radius 1 is 1.29 bits per heavy atom. The van der Waals surface area contributed by atoms with Crippen LogP contribution in [0.5, 0.6) is 0 Å². The van der Waals surface area contributed by atoms with Crippen LogP contribution < -0.4 is 5.32 Å². The molecule has 0 amide bonds. The Hall–Kier alpha value is -1.26. The number of anilines is 1. The quantitative estimate of drug-likeness (QED) is 0.854. The largest absolute Gasteiger partial charge is 0.416 e. The van der Waals surface area contributed by atoms with E-state index < -0.39 is 11.7 Å². The van der Waals surface area contributed by atoms with Crippen LogP contribution in [0, 0.1) is 16.7 Å². The summed E-state index contributed by atoms with van der Waals surface area (Å²) in [7, 11) is 0. The fraction of sp³-hybridized carbons (Fsp3) is 0.688. The molecule has 2 aliphatic rings. The Morgan fingerprint density at radius 3 is 2.57 bits per heavy atom. The van der Waals surface area contributed by atoms with Gasteiger partial charge in [0, 0.05) is 12.2 Å². The Kier molecular flexibility index (Phi) is 3.05. The van der Waals surface area contributed by atoms with E-state index in [9.17, 15) is 13.2 Å². The minimum Gasteiger partial charge on any atom is -0.366 e. The second-order valence-electron chi connectivity index (χ2n) is 7.42. The lowest BCUT2D eigenvalue weighted by atomic mass is 9.68. The maximum absolute atomic E-state index is 12.8. The predicted octanol–water partition coefficient (Wildman–Crippen LogP) is 4.73. The molecule has 3 unspecified atom stereocenters. The number of halogens is 3. The number of nitrogens with zero attached hydrogens (tertiary/aromatic N) is 1. The van der Waals surface area contributed by atoms with Crippen LogP contribution in [0.1, 0.15) is 45.6 Å². The predicted molar refractivity (Wildman–Crippen MR) is 75.9 cm³/mol. The summed E-state index contributed by atoms with van der Waals surface area (Å²) in [6.45, 7) is 6.67. The molecule has 116 valence electrons. The third-order valence-electron chi connectivity index (χ3n) is 5.65. The van der Waals surface area contributed by atoms with Crippen molar-refractivity contribution in [2.75, 3.05) is 5.32 Å². The minimum absolute atomic E-state index is 0.0862. The summed E-state index contributed by atoms with van der Waals surface area (Å²) in [5.74, 6) is 0.975. The van der Waals surface area contributed by atoms with E-state index in [0.29, 0.717) is 11.7 Å². The summed E-state index contributed by atoms with van der Waals surface area (Å²) in [6.07, 6.45) is 0.410. The van der Waals surface area contributed by atoms with Gasteiger partial charge in [-0.2, -0.15) is 13.2 Å². The van der Waals surface area contributed by atoms with Crippen LogP contribution in [0.3, 0.4) is 0 Å². The molecule has 1 N–H and O–H groups in total. The van der Waals surface area contributed by atoms with Crippen molar-refractivity contribution in [1.29, 1.82) is 0 Å². The monoisotopic (exact) mass is 298 g/mol. The molecule has 2 bridgehead atoms. The summed E-state index contributed by atoms with van der Waals surface area (Å²) in [6, 6.07) is 2.30. The van der Waals surface area contributed by atoms with Gasteiger partial charge in [0.2, 0.25) is 0 Å². The first-order valence-electron chi connectivity index (χ1n) is 7.43. The van der Waals surface area contributed by atoms with E-state index in [0.717, 1.165) is 25.0 Å². The lowest BCUT2D eigenvalue weighted by molar-refractivity contribution is -0.137. The second-order valence-corrected chi connectivity index (χ2v) is 7.42. The topological polar surface area (TPSA) is 24.9 Å². The number of nitrogens with one attached hydrogen (secondary N) is 1. The van der Waals surface area contributed by atoms with Gasteiger partial charge in [-0.15, -0.1) is 0 Å². The summed E-state index contributed by atoms with van der Waals surface area (Å²) in [4.78, 5) is 4.09. The first kappa shape index (κ1) is 14.7. The highest BCUT2D eigenvalue weighted by Gasteiger charge is 2.59. The fourth-order valence-electron chi connectivity index (χ4n) is 4.50. The number of hydrogen-bond acceptors (Lipinski definition) is 2. The maximum atomic E-state index is 12.8. The molecular weight excluding hydrogens is 277 g/mol. The molecule has 1 heterocycles. The zero-order chi connectivity index (χ0) is 15.5. The molecule has 0 spiro atoms. The fourth-order valence-corrected chi connectivity index (χ4v) is 4.50. The molecule has 21 heavy (non-hydrogen) atoms. The van der Waals surface area contributed by atoms with Crippen molar-refractivity contribution >= 4 is 5.82 Å². The highest BCUT2D eigenvalue weighted by molar-refractivity contribution is 5.41. The van der Waals surface area contributed by atoms with Crippen LogP contribution in [-0.2, 0) is 6.18 Å². The van der Waals surface area contributed by atoms with E-state index in [-0.39, 0.29) is 16.9 Å². The Bertz CT molecular complexity index is 548. The van der Waals surface area contributed by atoms with Gasteiger partial charge in [-0.25, -0.2) is 4.98 Å². The third-order valence-corrected chi connectivity index (χ3v) is 5.65. The Labute approximate surface area is 123 Å². The average molecular weight is 298 g/mol. The van der Waals surface area contributed by atoms with Crippen molar-refractivity contribution in [2.45, 2.75) is 52.3 Å². The van der Waals surface area contributed by atoms with Gasteiger partial charge in [0.1, 0.15) is 5.82 Å². The van der Waals surface area contributed by atoms with Crippen molar-refractivity contribution in [2.24, 2.45) is 16.7 Å². The van der Waals surface area contributed by atoms with Gasteiger partial charge in [0.25, 0.3) is 0 Å². The highest BCUT2D eigenvalue weighted by atomic mass is 19.4. The van der Waals surface area contributed by atoms with Crippen LogP contribution in [-0.4, -0.2) is 11.0 Å². The van der Waals surface area contributed by atoms with E-state index in [2.05, 4.69) is 31.1 Å². The standard InChI is InChI=1S/C16H21F3N2/c1-14(2)11-4-6-15(3,9-11)13(14)21-12-8-10(5-7-20-12)16(17,18)19/h5,7-8,11,13H,4,6,9H2,1-3H3,(H,20,21). The minimum atomic E-state index is -4.33. The van der Waals surface area contributed by atoms with Crippen LogP contribution in [0.2, 0.25) is 0 Å². The van der Waals surface area contributed by atoms with Crippen LogP contribution in [0.15, 0.2) is 18.3 Å². The molecule has 0 radical (unpaired) electrons. The first-order valence-corrected chi connectivity index (χ1v) is 7.43. The molecule has 5 heteroatoms. The smallest absolute Gasteiger partial charge is 0.366 e. The van der Waals surface area contributed by atoms with Crippen molar-refractivity contribution in [3.8, 4) is 0 Å². The summed E-state index contributed by atoms with van der Waals surface area (Å²) < 4.78 is 38.4. The van der Waals surface area contributed by atoms with Gasteiger partial charge in [-0.3, -0.25) is 0 Å². The molecule has 1 aromatic rings. The molecule has 0 aliphatic heterocycles. The van der Waals surface area contributed by atoms with Crippen LogP contribution in [0.4, 0.5) is 19.0 Å². The molecule has 2 saturated carbocycles. The van der Waals surface area contributed by atoms with Crippen LogP contribution in [0.25, 0.3) is 0 Å². The molecule has 0 aromatic carbocycles. The van der Waals surface area contributed by atoms with E-state index in [1.807, 2.05) is 0 Å². The molecule has 2 fully saturated rings. The Balaban J connectivity index is 1.87.